The molecule has 1 N–H and O–H groups in total. The molecular formula is C13H15FO2. The Morgan fingerprint density at radius 2 is 1.94 bits per heavy atom. The quantitative estimate of drug-likeness (QED) is 0.830. The Bertz CT molecular complexity index is 395. The maximum Gasteiger partial charge on any atom is 0.338 e. The van der Waals surface area contributed by atoms with Crippen molar-refractivity contribution in [1.29, 1.82) is 0 Å². The van der Waals surface area contributed by atoms with Gasteiger partial charge in [-0.3, -0.25) is 0 Å². The standard InChI is InChI=1S/C13H15FO2/c14-12-10(9-5-2-1-3-6-9)7-4-8-11(12)13(15)16/h4,7-9H,1-3,5-6H2,(H,15,16). The molecular weight excluding hydrogens is 207 g/mol. The van der Waals surface area contributed by atoms with Crippen LogP contribution in [0, 0.1) is 5.82 Å². The molecule has 1 fully saturated rings. The lowest BCUT2D eigenvalue weighted by Crippen LogP contribution is -2.10. The van der Waals surface area contributed by atoms with E-state index in [1.165, 1.54) is 12.5 Å². The molecule has 16 heavy (non-hydrogen) atoms. The lowest BCUT2D eigenvalue weighted by molar-refractivity contribution is 0.0691. The van der Waals surface area contributed by atoms with Crippen LogP contribution in [0.4, 0.5) is 4.39 Å². The molecule has 0 unspecified atom stereocenters. The van der Waals surface area contributed by atoms with Crippen LogP contribution < -0.4 is 0 Å². The van der Waals surface area contributed by atoms with Gasteiger partial charge in [-0.2, -0.15) is 0 Å². The Labute approximate surface area is 94.1 Å². The minimum atomic E-state index is -1.19. The van der Waals surface area contributed by atoms with E-state index in [0.717, 1.165) is 25.7 Å². The average Bonchev–Trinajstić information content (AvgIpc) is 2.30. The average molecular weight is 222 g/mol. The van der Waals surface area contributed by atoms with E-state index in [2.05, 4.69) is 0 Å². The minimum absolute atomic E-state index is 0.202. The van der Waals surface area contributed by atoms with Crippen molar-refractivity contribution in [2.45, 2.75) is 38.0 Å². The number of hydrogen-bond donors (Lipinski definition) is 1. The first-order chi connectivity index (χ1) is 7.70. The van der Waals surface area contributed by atoms with E-state index >= 15 is 0 Å². The smallest absolute Gasteiger partial charge is 0.338 e. The van der Waals surface area contributed by atoms with Crippen molar-refractivity contribution in [3.63, 3.8) is 0 Å². The monoisotopic (exact) mass is 222 g/mol. The van der Waals surface area contributed by atoms with Crippen LogP contribution in [0.2, 0.25) is 0 Å². The Morgan fingerprint density at radius 1 is 1.25 bits per heavy atom. The van der Waals surface area contributed by atoms with Crippen molar-refractivity contribution in [2.75, 3.05) is 0 Å². The van der Waals surface area contributed by atoms with Crippen molar-refractivity contribution >= 4 is 5.97 Å². The molecule has 1 saturated carbocycles. The molecule has 0 atom stereocenters. The molecule has 1 aromatic carbocycles. The van der Waals surface area contributed by atoms with Crippen LogP contribution in [0.25, 0.3) is 0 Å². The molecule has 0 bridgehead atoms. The van der Waals surface area contributed by atoms with Crippen molar-refractivity contribution < 1.29 is 14.3 Å². The Morgan fingerprint density at radius 3 is 2.56 bits per heavy atom. The molecule has 2 rings (SSSR count). The van der Waals surface area contributed by atoms with Crippen molar-refractivity contribution in [3.8, 4) is 0 Å². The van der Waals surface area contributed by atoms with Crippen LogP contribution in [0.15, 0.2) is 18.2 Å². The summed E-state index contributed by atoms with van der Waals surface area (Å²) in [6.45, 7) is 0. The molecule has 1 aromatic rings. The van der Waals surface area contributed by atoms with Crippen LogP contribution in [-0.4, -0.2) is 11.1 Å². The normalized spacial score (nSPS) is 17.3. The largest absolute Gasteiger partial charge is 0.478 e. The van der Waals surface area contributed by atoms with E-state index < -0.39 is 11.8 Å². The lowest BCUT2D eigenvalue weighted by atomic mass is 9.83. The number of rotatable bonds is 2. The molecule has 1 aliphatic carbocycles. The zero-order chi connectivity index (χ0) is 11.5. The summed E-state index contributed by atoms with van der Waals surface area (Å²) in [6.07, 6.45) is 5.37. The fourth-order valence-corrected chi connectivity index (χ4v) is 2.44. The molecule has 0 radical (unpaired) electrons. The summed E-state index contributed by atoms with van der Waals surface area (Å²) in [4.78, 5) is 10.8. The van der Waals surface area contributed by atoms with E-state index in [4.69, 9.17) is 5.11 Å². The van der Waals surface area contributed by atoms with E-state index in [1.807, 2.05) is 0 Å². The number of aromatic carboxylic acids is 1. The van der Waals surface area contributed by atoms with Crippen LogP contribution in [0.5, 0.6) is 0 Å². The van der Waals surface area contributed by atoms with Gasteiger partial charge in [0.1, 0.15) is 5.82 Å². The van der Waals surface area contributed by atoms with E-state index in [0.29, 0.717) is 5.56 Å². The first-order valence-corrected chi connectivity index (χ1v) is 5.72. The number of carboxylic acids is 1. The van der Waals surface area contributed by atoms with E-state index in [-0.39, 0.29) is 11.5 Å². The molecule has 0 heterocycles. The maximum atomic E-state index is 13.9. The highest BCUT2D eigenvalue weighted by Gasteiger charge is 2.22. The first-order valence-electron chi connectivity index (χ1n) is 5.72. The summed E-state index contributed by atoms with van der Waals surface area (Å²) in [5.74, 6) is -1.52. The molecule has 0 aliphatic heterocycles. The van der Waals surface area contributed by atoms with Crippen LogP contribution >= 0.6 is 0 Å². The van der Waals surface area contributed by atoms with Gasteiger partial charge in [0.15, 0.2) is 0 Å². The summed E-state index contributed by atoms with van der Waals surface area (Å²) >= 11 is 0. The molecule has 0 aromatic heterocycles. The summed E-state index contributed by atoms with van der Waals surface area (Å²) in [5, 5.41) is 8.85. The fourth-order valence-electron chi connectivity index (χ4n) is 2.44. The topological polar surface area (TPSA) is 37.3 Å². The minimum Gasteiger partial charge on any atom is -0.478 e. The molecule has 0 saturated heterocycles. The maximum absolute atomic E-state index is 13.9. The SMILES string of the molecule is O=C(O)c1cccc(C2CCCCC2)c1F. The number of carboxylic acid groups (broad SMARTS) is 1. The van der Waals surface area contributed by atoms with Crippen molar-refractivity contribution in [2.24, 2.45) is 0 Å². The zero-order valence-corrected chi connectivity index (χ0v) is 9.08. The molecule has 86 valence electrons. The van der Waals surface area contributed by atoms with E-state index in [1.54, 1.807) is 12.1 Å². The Kier molecular flexibility index (Phi) is 3.22. The summed E-state index contributed by atoms with van der Waals surface area (Å²) < 4.78 is 13.9. The second kappa shape index (κ2) is 4.64. The molecule has 3 heteroatoms. The van der Waals surface area contributed by atoms with Crippen molar-refractivity contribution in [3.05, 3.63) is 35.1 Å². The van der Waals surface area contributed by atoms with Gasteiger partial charge < -0.3 is 5.11 Å². The summed E-state index contributed by atoms with van der Waals surface area (Å²) in [6, 6.07) is 4.68. The Hall–Kier alpha value is -1.38. The van der Waals surface area contributed by atoms with Crippen LogP contribution in [0.3, 0.4) is 0 Å². The third-order valence-electron chi connectivity index (χ3n) is 3.30. The van der Waals surface area contributed by atoms with Gasteiger partial charge in [-0.15, -0.1) is 0 Å². The van der Waals surface area contributed by atoms with Crippen LogP contribution in [-0.2, 0) is 0 Å². The first kappa shape index (κ1) is 11.1. The van der Waals surface area contributed by atoms with Crippen molar-refractivity contribution in [1.82, 2.24) is 0 Å². The third-order valence-corrected chi connectivity index (χ3v) is 3.30. The molecule has 2 nitrogen and oxygen atoms in total. The van der Waals surface area contributed by atoms with Gasteiger partial charge in [-0.25, -0.2) is 9.18 Å². The molecule has 0 amide bonds. The highest BCUT2D eigenvalue weighted by atomic mass is 19.1. The van der Waals surface area contributed by atoms with Gasteiger partial charge >= 0.3 is 5.97 Å². The highest BCUT2D eigenvalue weighted by molar-refractivity contribution is 5.88. The molecule has 1 aliphatic rings. The van der Waals surface area contributed by atoms with Gasteiger partial charge in [0.2, 0.25) is 0 Å². The predicted molar refractivity (Wildman–Crippen MR) is 59.2 cm³/mol. The van der Waals surface area contributed by atoms with Gasteiger partial charge in [-0.05, 0) is 30.4 Å². The fraction of sp³-hybridized carbons (Fsp3) is 0.462. The van der Waals surface area contributed by atoms with E-state index in [9.17, 15) is 9.18 Å². The summed E-state index contributed by atoms with van der Waals surface area (Å²) in [7, 11) is 0. The third kappa shape index (κ3) is 2.08. The second-order valence-electron chi connectivity index (χ2n) is 4.35. The number of benzene rings is 1. The van der Waals surface area contributed by atoms with Crippen LogP contribution in [0.1, 0.15) is 53.9 Å². The highest BCUT2D eigenvalue weighted by Crippen LogP contribution is 2.34. The number of carbonyl (C=O) groups is 1. The zero-order valence-electron chi connectivity index (χ0n) is 9.08. The second-order valence-corrected chi connectivity index (χ2v) is 4.35. The van der Waals surface area contributed by atoms with Gasteiger partial charge in [0.25, 0.3) is 0 Å². The number of halogens is 1. The van der Waals surface area contributed by atoms with Gasteiger partial charge in [0.05, 0.1) is 5.56 Å². The predicted octanol–water partition coefficient (Wildman–Crippen LogP) is 3.57. The Balaban J connectivity index is 2.33. The summed E-state index contributed by atoms with van der Waals surface area (Å²) in [5.41, 5.74) is 0.377. The van der Waals surface area contributed by atoms with Gasteiger partial charge in [0, 0.05) is 0 Å². The molecule has 0 spiro atoms. The number of hydrogen-bond acceptors (Lipinski definition) is 1. The van der Waals surface area contributed by atoms with Gasteiger partial charge in [-0.1, -0.05) is 31.4 Å². The lowest BCUT2D eigenvalue weighted by Gasteiger charge is -2.22.